The molecule has 1 unspecified atom stereocenters. The number of hydrogen-bond donors (Lipinski definition) is 2. The summed E-state index contributed by atoms with van der Waals surface area (Å²) in [6.45, 7) is 15.2. The van der Waals surface area contributed by atoms with Crippen LogP contribution in [0.15, 0.2) is 11.6 Å². The number of nitrogens with zero attached hydrogens (tertiary/aromatic N) is 2. The zero-order valence-corrected chi connectivity index (χ0v) is 30.0. The Hall–Kier alpha value is -1.44. The minimum Gasteiger partial charge on any atom is -0.357 e. The smallest absolute Gasteiger partial charge is 0.232 e. The van der Waals surface area contributed by atoms with Gasteiger partial charge in [0.2, 0.25) is 11.8 Å². The van der Waals surface area contributed by atoms with E-state index in [1.165, 1.54) is 70.9 Å². The first kappa shape index (κ1) is 32.7. The Kier molecular flexibility index (Phi) is 8.64. The van der Waals surface area contributed by atoms with Gasteiger partial charge >= 0.3 is 0 Å². The van der Waals surface area contributed by atoms with Gasteiger partial charge in [-0.2, -0.15) is 0 Å². The van der Waals surface area contributed by atoms with E-state index in [9.17, 15) is 9.59 Å². The summed E-state index contributed by atoms with van der Waals surface area (Å²) in [5.41, 5.74) is 2.12. The lowest BCUT2D eigenvalue weighted by atomic mass is 9.46. The summed E-state index contributed by atoms with van der Waals surface area (Å²) in [6, 6.07) is 0.776. The van der Waals surface area contributed by atoms with E-state index in [0.29, 0.717) is 29.4 Å². The molecule has 47 heavy (non-hydrogen) atoms. The molecule has 3 saturated carbocycles. The number of rotatable bonds is 4. The molecule has 0 aromatic heterocycles. The second-order valence-electron chi connectivity index (χ2n) is 18.3. The summed E-state index contributed by atoms with van der Waals surface area (Å²) < 4.78 is 7.09. The Labute approximate surface area is 284 Å². The van der Waals surface area contributed by atoms with Gasteiger partial charge in [0.05, 0.1) is 6.10 Å². The zero-order chi connectivity index (χ0) is 32.6. The fourth-order valence-corrected chi connectivity index (χ4v) is 13.3. The van der Waals surface area contributed by atoms with E-state index in [1.807, 2.05) is 4.90 Å². The minimum atomic E-state index is -0.0879. The van der Waals surface area contributed by atoms with E-state index in [-0.39, 0.29) is 35.4 Å². The van der Waals surface area contributed by atoms with E-state index < -0.39 is 0 Å². The van der Waals surface area contributed by atoms with Crippen molar-refractivity contribution in [2.45, 2.75) is 148 Å². The van der Waals surface area contributed by atoms with Crippen molar-refractivity contribution >= 4 is 11.8 Å². The fourth-order valence-electron chi connectivity index (χ4n) is 13.3. The third kappa shape index (κ3) is 5.55. The van der Waals surface area contributed by atoms with Crippen LogP contribution < -0.4 is 10.6 Å². The molecule has 7 nitrogen and oxygen atoms in total. The first-order valence-corrected chi connectivity index (χ1v) is 20.0. The number of amides is 2. The molecule has 0 radical (unpaired) electrons. The van der Waals surface area contributed by atoms with Gasteiger partial charge < -0.3 is 19.9 Å². The third-order valence-electron chi connectivity index (χ3n) is 16.0. The Morgan fingerprint density at radius 3 is 2.49 bits per heavy atom. The molecule has 4 saturated heterocycles. The van der Waals surface area contributed by atoms with Gasteiger partial charge in [0.1, 0.15) is 12.1 Å². The highest BCUT2D eigenvalue weighted by Gasteiger charge is 2.68. The van der Waals surface area contributed by atoms with Gasteiger partial charge in [-0.25, -0.2) is 0 Å². The predicted molar refractivity (Wildman–Crippen MR) is 185 cm³/mol. The van der Waals surface area contributed by atoms with Crippen LogP contribution in [0.1, 0.15) is 124 Å². The van der Waals surface area contributed by atoms with Crippen LogP contribution in [0, 0.1) is 46.3 Å². The fraction of sp³-hybridized carbons (Fsp3) is 0.900. The molecular formula is C40H64N4O3. The zero-order valence-electron chi connectivity index (χ0n) is 30.0. The molecule has 4 aliphatic heterocycles. The highest BCUT2D eigenvalue weighted by molar-refractivity contribution is 5.97. The van der Waals surface area contributed by atoms with Crippen LogP contribution in [0.5, 0.6) is 0 Å². The standard InChI is InChI=1S/C40H64N4O3/c1-26-10-17-40(41-25-26)27(2)37-34(47-40)23-33-31-9-8-28-22-29(11-15-38(28,3)32(31)12-16-39(33,37)4)42-35(45)24-36(46)44-20-13-30(14-21-44)43-18-6-5-7-19-43/h8,26-27,29-34,37,41H,5-7,9-25H2,1-4H3,(H,42,45)/t26-,27+,29?,31-,32+,33+,34+,37+,38+,39+,40-/m1/s1. The van der Waals surface area contributed by atoms with Gasteiger partial charge in [-0.1, -0.05) is 45.8 Å². The number of allylic oxidation sites excluding steroid dienone is 1. The van der Waals surface area contributed by atoms with Crippen molar-refractivity contribution in [2.75, 3.05) is 32.7 Å². The Morgan fingerprint density at radius 1 is 0.957 bits per heavy atom. The number of nitrogens with one attached hydrogen (secondary N) is 2. The van der Waals surface area contributed by atoms with Crippen molar-refractivity contribution in [1.82, 2.24) is 20.4 Å². The van der Waals surface area contributed by atoms with Gasteiger partial charge in [0.25, 0.3) is 0 Å². The summed E-state index contributed by atoms with van der Waals surface area (Å²) >= 11 is 0. The van der Waals surface area contributed by atoms with Crippen LogP contribution in [0.2, 0.25) is 0 Å². The topological polar surface area (TPSA) is 73.9 Å². The number of hydrogen-bond acceptors (Lipinski definition) is 5. The SMILES string of the molecule is C[C@@H]1CC[C@@]2(NC1)O[C@H]1C[C@H]3[C@@H]4CC=C5CC(NC(=O)CC(=O)N6CCC(N7CCCCC7)CC6)CC[C@]5(C)[C@H]4CC[C@]3(C)[C@H]1[C@@H]2C. The quantitative estimate of drug-likeness (QED) is 0.278. The maximum absolute atomic E-state index is 13.2. The van der Waals surface area contributed by atoms with Crippen LogP contribution in [-0.4, -0.2) is 78.3 Å². The maximum atomic E-state index is 13.2. The van der Waals surface area contributed by atoms with Crippen LogP contribution in [-0.2, 0) is 14.3 Å². The van der Waals surface area contributed by atoms with E-state index in [0.717, 1.165) is 75.4 Å². The van der Waals surface area contributed by atoms with Crippen LogP contribution >= 0.6 is 0 Å². The Morgan fingerprint density at radius 2 is 1.74 bits per heavy atom. The minimum absolute atomic E-state index is 0.00478. The maximum Gasteiger partial charge on any atom is 0.232 e. The Bertz CT molecular complexity index is 1230. The van der Waals surface area contributed by atoms with Gasteiger partial charge in [-0.3, -0.25) is 14.9 Å². The number of fused-ring (bicyclic) bond motifs is 7. The second-order valence-corrected chi connectivity index (χ2v) is 18.3. The summed E-state index contributed by atoms with van der Waals surface area (Å²) in [4.78, 5) is 30.9. The average molecular weight is 649 g/mol. The molecule has 0 bridgehead atoms. The van der Waals surface area contributed by atoms with E-state index in [1.54, 1.807) is 5.57 Å². The summed E-state index contributed by atoms with van der Waals surface area (Å²) in [7, 11) is 0. The summed E-state index contributed by atoms with van der Waals surface area (Å²) in [6.07, 6.45) is 19.8. The van der Waals surface area contributed by atoms with Crippen molar-refractivity contribution in [3.05, 3.63) is 11.6 Å². The lowest BCUT2D eigenvalue weighted by molar-refractivity contribution is -0.137. The molecule has 7 fully saturated rings. The molecule has 1 spiro atoms. The van der Waals surface area contributed by atoms with Crippen molar-refractivity contribution in [1.29, 1.82) is 0 Å². The largest absolute Gasteiger partial charge is 0.357 e. The molecule has 8 rings (SSSR count). The molecule has 2 amide bonds. The molecule has 4 aliphatic carbocycles. The van der Waals surface area contributed by atoms with Crippen LogP contribution in [0.25, 0.3) is 0 Å². The number of likely N-dealkylation sites (tertiary alicyclic amines) is 2. The number of carbonyl (C=O) groups is 2. The highest BCUT2D eigenvalue weighted by atomic mass is 16.5. The van der Waals surface area contributed by atoms with Crippen molar-refractivity contribution in [2.24, 2.45) is 46.3 Å². The summed E-state index contributed by atoms with van der Waals surface area (Å²) in [5.74, 6) is 4.19. The molecule has 262 valence electrons. The van der Waals surface area contributed by atoms with Gasteiger partial charge in [-0.15, -0.1) is 0 Å². The molecule has 2 N–H and O–H groups in total. The Balaban J connectivity index is 0.860. The number of carbonyl (C=O) groups excluding carboxylic acids is 2. The van der Waals surface area contributed by atoms with E-state index in [2.05, 4.69) is 49.3 Å². The first-order valence-electron chi connectivity index (χ1n) is 20.0. The monoisotopic (exact) mass is 648 g/mol. The van der Waals surface area contributed by atoms with Gasteiger partial charge in [0.15, 0.2) is 0 Å². The van der Waals surface area contributed by atoms with Crippen LogP contribution in [0.3, 0.4) is 0 Å². The third-order valence-corrected chi connectivity index (χ3v) is 16.0. The normalized spacial score (nSPS) is 47.1. The lowest BCUT2D eigenvalue weighted by Crippen LogP contribution is -2.57. The van der Waals surface area contributed by atoms with E-state index >= 15 is 0 Å². The molecule has 11 atom stereocenters. The second kappa shape index (κ2) is 12.4. The first-order chi connectivity index (χ1) is 22.6. The molecule has 0 aromatic rings. The predicted octanol–water partition coefficient (Wildman–Crippen LogP) is 6.28. The van der Waals surface area contributed by atoms with E-state index in [4.69, 9.17) is 4.74 Å². The number of piperidine rings is 3. The summed E-state index contributed by atoms with van der Waals surface area (Å²) in [5, 5.41) is 7.23. The van der Waals surface area contributed by atoms with Crippen LogP contribution in [0.4, 0.5) is 0 Å². The van der Waals surface area contributed by atoms with Crippen molar-refractivity contribution < 1.29 is 14.3 Å². The average Bonchev–Trinajstić information content (AvgIpc) is 3.52. The molecule has 7 heteroatoms. The van der Waals surface area contributed by atoms with Crippen molar-refractivity contribution in [3.8, 4) is 0 Å². The molecule has 0 aromatic carbocycles. The lowest BCUT2D eigenvalue weighted by Gasteiger charge is -2.58. The molecule has 4 heterocycles. The molecule has 8 aliphatic rings. The van der Waals surface area contributed by atoms with Gasteiger partial charge in [0, 0.05) is 37.6 Å². The van der Waals surface area contributed by atoms with Crippen molar-refractivity contribution in [3.63, 3.8) is 0 Å². The van der Waals surface area contributed by atoms with Gasteiger partial charge in [-0.05, 0) is 137 Å². The molecular weight excluding hydrogens is 584 g/mol. The number of ether oxygens (including phenoxy) is 1. The highest BCUT2D eigenvalue weighted by Crippen LogP contribution is 2.70.